The summed E-state index contributed by atoms with van der Waals surface area (Å²) in [6.07, 6.45) is 5.67. The lowest BCUT2D eigenvalue weighted by Crippen LogP contribution is -2.22. The van der Waals surface area contributed by atoms with Gasteiger partial charge in [-0.2, -0.15) is 5.10 Å². The Labute approximate surface area is 107 Å². The zero-order valence-electron chi connectivity index (χ0n) is 11.2. The van der Waals surface area contributed by atoms with Gasteiger partial charge in [0, 0.05) is 38.8 Å². The molecular formula is C12H19N5O. The molecule has 0 radical (unpaired) electrons. The van der Waals surface area contributed by atoms with Gasteiger partial charge < -0.3 is 10.1 Å². The first-order valence-corrected chi connectivity index (χ1v) is 5.91. The van der Waals surface area contributed by atoms with E-state index in [0.717, 1.165) is 17.3 Å². The first kappa shape index (κ1) is 12.6. The molecule has 0 fully saturated rings. The Balaban J connectivity index is 2.25. The van der Waals surface area contributed by atoms with E-state index < -0.39 is 0 Å². The normalized spacial score (nSPS) is 12.7. The molecule has 2 aromatic heterocycles. The van der Waals surface area contributed by atoms with Crippen LogP contribution in [0.5, 0.6) is 0 Å². The van der Waals surface area contributed by atoms with Gasteiger partial charge in [-0.05, 0) is 13.8 Å². The van der Waals surface area contributed by atoms with Crippen molar-refractivity contribution in [1.82, 2.24) is 19.3 Å². The highest BCUT2D eigenvalue weighted by Crippen LogP contribution is 2.17. The summed E-state index contributed by atoms with van der Waals surface area (Å²) in [7, 11) is 3.60. The monoisotopic (exact) mass is 249 g/mol. The predicted molar refractivity (Wildman–Crippen MR) is 70.0 cm³/mol. The number of anilines is 1. The molecule has 0 amide bonds. The molecule has 1 atom stereocenters. The second kappa shape index (κ2) is 5.22. The summed E-state index contributed by atoms with van der Waals surface area (Å²) in [5, 5.41) is 7.66. The summed E-state index contributed by atoms with van der Waals surface area (Å²) >= 11 is 0. The van der Waals surface area contributed by atoms with E-state index in [1.54, 1.807) is 18.0 Å². The number of aromatic nitrogens is 4. The molecule has 6 nitrogen and oxygen atoms in total. The summed E-state index contributed by atoms with van der Waals surface area (Å²) in [5.74, 6) is 0.802. The number of ether oxygens (including phenoxy) is 1. The van der Waals surface area contributed by atoms with Crippen molar-refractivity contribution in [1.29, 1.82) is 0 Å². The van der Waals surface area contributed by atoms with Crippen LogP contribution >= 0.6 is 0 Å². The van der Waals surface area contributed by atoms with Gasteiger partial charge in [0.1, 0.15) is 0 Å². The minimum Gasteiger partial charge on any atom is -0.383 e. The summed E-state index contributed by atoms with van der Waals surface area (Å²) in [6, 6.07) is 0.202. The number of imidazole rings is 1. The third-order valence-electron chi connectivity index (χ3n) is 2.68. The standard InChI is InChI=1S/C12H19N5O/c1-9(8-18-4)14-12-13-5-6-17(12)11-7-16(3)15-10(11)2/h5-7,9H,8H2,1-4H3,(H,13,14). The Morgan fingerprint density at radius 1 is 1.50 bits per heavy atom. The molecule has 0 saturated carbocycles. The number of hydrogen-bond donors (Lipinski definition) is 1. The van der Waals surface area contributed by atoms with Crippen molar-refractivity contribution in [2.75, 3.05) is 19.0 Å². The van der Waals surface area contributed by atoms with Crippen molar-refractivity contribution in [2.24, 2.45) is 7.05 Å². The lowest BCUT2D eigenvalue weighted by Gasteiger charge is -2.14. The zero-order chi connectivity index (χ0) is 13.1. The van der Waals surface area contributed by atoms with Gasteiger partial charge >= 0.3 is 0 Å². The largest absolute Gasteiger partial charge is 0.383 e. The summed E-state index contributed by atoms with van der Waals surface area (Å²) in [4.78, 5) is 4.32. The molecule has 0 aliphatic rings. The van der Waals surface area contributed by atoms with Crippen molar-refractivity contribution in [3.05, 3.63) is 24.3 Å². The molecule has 0 saturated heterocycles. The van der Waals surface area contributed by atoms with Gasteiger partial charge in [-0.1, -0.05) is 0 Å². The maximum atomic E-state index is 5.11. The van der Waals surface area contributed by atoms with Crippen LogP contribution in [0.25, 0.3) is 5.69 Å². The van der Waals surface area contributed by atoms with E-state index in [-0.39, 0.29) is 6.04 Å². The molecule has 1 N–H and O–H groups in total. The van der Waals surface area contributed by atoms with Crippen LogP contribution in [0.3, 0.4) is 0 Å². The van der Waals surface area contributed by atoms with E-state index in [9.17, 15) is 0 Å². The second-order valence-electron chi connectivity index (χ2n) is 4.39. The van der Waals surface area contributed by atoms with E-state index >= 15 is 0 Å². The van der Waals surface area contributed by atoms with Crippen LogP contribution in [-0.2, 0) is 11.8 Å². The van der Waals surface area contributed by atoms with Crippen LogP contribution in [0.4, 0.5) is 5.95 Å². The minimum atomic E-state index is 0.202. The van der Waals surface area contributed by atoms with Gasteiger partial charge in [-0.3, -0.25) is 9.25 Å². The predicted octanol–water partition coefficient (Wildman–Crippen LogP) is 1.36. The van der Waals surface area contributed by atoms with E-state index in [0.29, 0.717) is 6.61 Å². The molecule has 1 unspecified atom stereocenters. The van der Waals surface area contributed by atoms with Crippen molar-refractivity contribution < 1.29 is 4.74 Å². The van der Waals surface area contributed by atoms with Gasteiger partial charge in [0.05, 0.1) is 18.0 Å². The highest BCUT2D eigenvalue weighted by molar-refractivity contribution is 5.43. The van der Waals surface area contributed by atoms with Crippen LogP contribution in [0.2, 0.25) is 0 Å². The molecule has 2 rings (SSSR count). The number of rotatable bonds is 5. The fourth-order valence-corrected chi connectivity index (χ4v) is 1.94. The van der Waals surface area contributed by atoms with E-state index in [1.807, 2.05) is 30.9 Å². The second-order valence-corrected chi connectivity index (χ2v) is 4.39. The lowest BCUT2D eigenvalue weighted by atomic mass is 10.3. The molecule has 98 valence electrons. The van der Waals surface area contributed by atoms with Crippen molar-refractivity contribution in [3.63, 3.8) is 0 Å². The number of nitrogens with zero attached hydrogens (tertiary/aromatic N) is 4. The zero-order valence-corrected chi connectivity index (χ0v) is 11.2. The van der Waals surface area contributed by atoms with E-state index in [1.165, 1.54) is 0 Å². The SMILES string of the molecule is COCC(C)Nc1nccn1-c1cn(C)nc1C. The highest BCUT2D eigenvalue weighted by Gasteiger charge is 2.12. The minimum absolute atomic E-state index is 0.202. The van der Waals surface area contributed by atoms with Gasteiger partial charge in [0.15, 0.2) is 0 Å². The van der Waals surface area contributed by atoms with Crippen LogP contribution in [0.1, 0.15) is 12.6 Å². The molecule has 0 spiro atoms. The average molecular weight is 249 g/mol. The van der Waals surface area contributed by atoms with Gasteiger partial charge in [-0.15, -0.1) is 0 Å². The first-order chi connectivity index (χ1) is 8.61. The van der Waals surface area contributed by atoms with Crippen LogP contribution in [-0.4, -0.2) is 39.1 Å². The van der Waals surface area contributed by atoms with E-state index in [2.05, 4.69) is 22.3 Å². The molecular weight excluding hydrogens is 230 g/mol. The number of aryl methyl sites for hydroxylation is 2. The van der Waals surface area contributed by atoms with Gasteiger partial charge in [0.25, 0.3) is 0 Å². The topological polar surface area (TPSA) is 56.9 Å². The summed E-state index contributed by atoms with van der Waals surface area (Å²) < 4.78 is 8.90. The molecule has 18 heavy (non-hydrogen) atoms. The molecule has 6 heteroatoms. The van der Waals surface area contributed by atoms with Crippen molar-refractivity contribution in [3.8, 4) is 5.69 Å². The number of nitrogens with one attached hydrogen (secondary N) is 1. The average Bonchev–Trinajstić information content (AvgIpc) is 2.85. The fraction of sp³-hybridized carbons (Fsp3) is 0.500. The molecule has 2 heterocycles. The van der Waals surface area contributed by atoms with Gasteiger partial charge in [0.2, 0.25) is 5.95 Å². The van der Waals surface area contributed by atoms with E-state index in [4.69, 9.17) is 4.74 Å². The van der Waals surface area contributed by atoms with Crippen LogP contribution < -0.4 is 5.32 Å². The van der Waals surface area contributed by atoms with Gasteiger partial charge in [-0.25, -0.2) is 4.98 Å². The quantitative estimate of drug-likeness (QED) is 0.869. The van der Waals surface area contributed by atoms with Crippen molar-refractivity contribution in [2.45, 2.75) is 19.9 Å². The third kappa shape index (κ3) is 2.53. The van der Waals surface area contributed by atoms with Crippen LogP contribution in [0, 0.1) is 6.92 Å². The third-order valence-corrected chi connectivity index (χ3v) is 2.68. The first-order valence-electron chi connectivity index (χ1n) is 5.91. The Morgan fingerprint density at radius 3 is 2.89 bits per heavy atom. The lowest BCUT2D eigenvalue weighted by molar-refractivity contribution is 0.190. The molecule has 0 aromatic carbocycles. The maximum absolute atomic E-state index is 5.11. The molecule has 2 aromatic rings. The Bertz CT molecular complexity index is 516. The Hall–Kier alpha value is -1.82. The molecule has 0 aliphatic carbocycles. The smallest absolute Gasteiger partial charge is 0.207 e. The Kier molecular flexibility index (Phi) is 3.66. The van der Waals surface area contributed by atoms with Crippen LogP contribution in [0.15, 0.2) is 18.6 Å². The summed E-state index contributed by atoms with van der Waals surface area (Å²) in [5.41, 5.74) is 2.00. The molecule has 0 bridgehead atoms. The number of methoxy groups -OCH3 is 1. The Morgan fingerprint density at radius 2 is 2.28 bits per heavy atom. The number of hydrogen-bond acceptors (Lipinski definition) is 4. The maximum Gasteiger partial charge on any atom is 0.207 e. The summed E-state index contributed by atoms with van der Waals surface area (Å²) in [6.45, 7) is 4.68. The van der Waals surface area contributed by atoms with Crippen molar-refractivity contribution >= 4 is 5.95 Å². The fourth-order valence-electron chi connectivity index (χ4n) is 1.94. The molecule has 0 aliphatic heterocycles. The highest BCUT2D eigenvalue weighted by atomic mass is 16.5.